The average Bonchev–Trinajstić information content (AvgIpc) is 2.49. The molecule has 2 rings (SSSR count). The first-order valence-electron chi connectivity index (χ1n) is 6.88. The van der Waals surface area contributed by atoms with E-state index in [0.29, 0.717) is 18.8 Å². The largest absolute Gasteiger partial charge is 0.396 e. The minimum atomic E-state index is -0.601. The molecule has 0 saturated carbocycles. The van der Waals surface area contributed by atoms with Gasteiger partial charge in [-0.2, -0.15) is 0 Å². The number of nitrogens with zero attached hydrogens (tertiary/aromatic N) is 1. The minimum absolute atomic E-state index is 0.150. The Morgan fingerprint density at radius 3 is 2.40 bits per heavy atom. The van der Waals surface area contributed by atoms with Crippen LogP contribution in [-0.4, -0.2) is 41.5 Å². The molecule has 0 bridgehead atoms. The summed E-state index contributed by atoms with van der Waals surface area (Å²) >= 11 is 0. The number of anilines is 1. The Labute approximate surface area is 118 Å². The molecule has 0 unspecified atom stereocenters. The summed E-state index contributed by atoms with van der Waals surface area (Å²) in [6.07, 6.45) is 1.50. The Morgan fingerprint density at radius 2 is 1.85 bits per heavy atom. The van der Waals surface area contributed by atoms with Crippen LogP contribution in [0.15, 0.2) is 24.3 Å². The lowest BCUT2D eigenvalue weighted by atomic mass is 9.98. The highest BCUT2D eigenvalue weighted by molar-refractivity contribution is 6.39. The summed E-state index contributed by atoms with van der Waals surface area (Å²) < 4.78 is 0. The first-order chi connectivity index (χ1) is 9.60. The Kier molecular flexibility index (Phi) is 4.74. The molecule has 5 nitrogen and oxygen atoms in total. The van der Waals surface area contributed by atoms with Crippen molar-refractivity contribution in [2.24, 2.45) is 5.92 Å². The molecular formula is C15H20N2O3. The number of rotatable bonds is 2. The molecule has 108 valence electrons. The van der Waals surface area contributed by atoms with E-state index in [2.05, 4.69) is 5.32 Å². The summed E-state index contributed by atoms with van der Waals surface area (Å²) in [4.78, 5) is 25.5. The molecule has 0 aromatic heterocycles. The molecule has 1 fully saturated rings. The zero-order valence-electron chi connectivity index (χ0n) is 11.6. The Balaban J connectivity index is 1.89. The van der Waals surface area contributed by atoms with Crippen molar-refractivity contribution in [3.8, 4) is 0 Å². The van der Waals surface area contributed by atoms with E-state index in [-0.39, 0.29) is 12.5 Å². The number of nitrogens with one attached hydrogen (secondary N) is 1. The molecule has 5 heteroatoms. The van der Waals surface area contributed by atoms with Crippen LogP contribution < -0.4 is 5.32 Å². The third-order valence-corrected chi connectivity index (χ3v) is 3.66. The topological polar surface area (TPSA) is 69.6 Å². The van der Waals surface area contributed by atoms with Gasteiger partial charge in [-0.3, -0.25) is 9.59 Å². The highest BCUT2D eigenvalue weighted by Gasteiger charge is 2.26. The molecule has 1 heterocycles. The molecule has 20 heavy (non-hydrogen) atoms. The number of aliphatic hydroxyl groups excluding tert-OH is 1. The van der Waals surface area contributed by atoms with E-state index in [1.54, 1.807) is 17.0 Å². The summed E-state index contributed by atoms with van der Waals surface area (Å²) in [6.45, 7) is 3.18. The number of carbonyl (C=O) groups is 2. The Hall–Kier alpha value is -1.88. The van der Waals surface area contributed by atoms with Crippen molar-refractivity contribution in [2.75, 3.05) is 25.0 Å². The minimum Gasteiger partial charge on any atom is -0.396 e. The van der Waals surface area contributed by atoms with E-state index < -0.39 is 11.8 Å². The van der Waals surface area contributed by atoms with Crippen LogP contribution in [0.5, 0.6) is 0 Å². The SMILES string of the molecule is Cc1ccc(NC(=O)C(=O)N2CCC(CO)CC2)cc1. The van der Waals surface area contributed by atoms with Gasteiger partial charge in [0.15, 0.2) is 0 Å². The van der Waals surface area contributed by atoms with E-state index in [0.717, 1.165) is 18.4 Å². The molecule has 2 N–H and O–H groups in total. The van der Waals surface area contributed by atoms with Crippen LogP contribution in [-0.2, 0) is 9.59 Å². The van der Waals surface area contributed by atoms with Gasteiger partial charge in [-0.05, 0) is 37.8 Å². The lowest BCUT2D eigenvalue weighted by Gasteiger charge is -2.30. The fraction of sp³-hybridized carbons (Fsp3) is 0.467. The van der Waals surface area contributed by atoms with Crippen molar-refractivity contribution in [3.05, 3.63) is 29.8 Å². The second kappa shape index (κ2) is 6.52. The van der Waals surface area contributed by atoms with E-state index in [1.807, 2.05) is 19.1 Å². The highest BCUT2D eigenvalue weighted by Crippen LogP contribution is 2.17. The Bertz CT molecular complexity index is 476. The number of aliphatic hydroxyl groups is 1. The average molecular weight is 276 g/mol. The van der Waals surface area contributed by atoms with Gasteiger partial charge in [-0.25, -0.2) is 0 Å². The molecule has 2 amide bonds. The van der Waals surface area contributed by atoms with E-state index in [4.69, 9.17) is 5.11 Å². The van der Waals surface area contributed by atoms with E-state index >= 15 is 0 Å². The number of aryl methyl sites for hydroxylation is 1. The van der Waals surface area contributed by atoms with E-state index in [9.17, 15) is 9.59 Å². The maximum Gasteiger partial charge on any atom is 0.313 e. The van der Waals surface area contributed by atoms with Crippen LogP contribution in [0.1, 0.15) is 18.4 Å². The van der Waals surface area contributed by atoms with Crippen LogP contribution in [0.2, 0.25) is 0 Å². The second-order valence-electron chi connectivity index (χ2n) is 5.24. The fourth-order valence-electron chi connectivity index (χ4n) is 2.28. The van der Waals surface area contributed by atoms with Gasteiger partial charge in [-0.15, -0.1) is 0 Å². The first kappa shape index (κ1) is 14.5. The molecule has 1 aliphatic heterocycles. The molecule has 1 saturated heterocycles. The molecule has 0 atom stereocenters. The number of piperidine rings is 1. The number of benzene rings is 1. The standard InChI is InChI=1S/C15H20N2O3/c1-11-2-4-13(5-3-11)16-14(19)15(20)17-8-6-12(10-18)7-9-17/h2-5,12,18H,6-10H2,1H3,(H,16,19). The van der Waals surface area contributed by atoms with Crippen LogP contribution in [0.4, 0.5) is 5.69 Å². The van der Waals surface area contributed by atoms with Gasteiger partial charge in [0, 0.05) is 25.4 Å². The lowest BCUT2D eigenvalue weighted by Crippen LogP contribution is -2.44. The smallest absolute Gasteiger partial charge is 0.313 e. The summed E-state index contributed by atoms with van der Waals surface area (Å²) in [5.41, 5.74) is 1.72. The van der Waals surface area contributed by atoms with Crippen molar-refractivity contribution >= 4 is 17.5 Å². The van der Waals surface area contributed by atoms with Crippen molar-refractivity contribution < 1.29 is 14.7 Å². The predicted octanol–water partition coefficient (Wildman–Crippen LogP) is 1.16. The maximum absolute atomic E-state index is 12.0. The van der Waals surface area contributed by atoms with Gasteiger partial charge in [0.25, 0.3) is 0 Å². The molecule has 1 aliphatic rings. The van der Waals surface area contributed by atoms with Crippen LogP contribution >= 0.6 is 0 Å². The van der Waals surface area contributed by atoms with Crippen LogP contribution in [0.3, 0.4) is 0 Å². The second-order valence-corrected chi connectivity index (χ2v) is 5.24. The highest BCUT2D eigenvalue weighted by atomic mass is 16.3. The Morgan fingerprint density at radius 1 is 1.25 bits per heavy atom. The number of likely N-dealkylation sites (tertiary alicyclic amines) is 1. The summed E-state index contributed by atoms with van der Waals surface area (Å²) in [5, 5.41) is 11.7. The predicted molar refractivity (Wildman–Crippen MR) is 76.2 cm³/mol. The molecular weight excluding hydrogens is 256 g/mol. The molecule has 1 aromatic carbocycles. The summed E-state index contributed by atoms with van der Waals surface area (Å²) in [7, 11) is 0. The molecule has 0 aliphatic carbocycles. The third-order valence-electron chi connectivity index (χ3n) is 3.66. The van der Waals surface area contributed by atoms with Crippen LogP contribution in [0.25, 0.3) is 0 Å². The summed E-state index contributed by atoms with van der Waals surface area (Å²) in [6, 6.07) is 7.32. The van der Waals surface area contributed by atoms with Gasteiger partial charge in [-0.1, -0.05) is 17.7 Å². The van der Waals surface area contributed by atoms with Crippen molar-refractivity contribution in [2.45, 2.75) is 19.8 Å². The van der Waals surface area contributed by atoms with Gasteiger partial charge < -0.3 is 15.3 Å². The fourth-order valence-corrected chi connectivity index (χ4v) is 2.28. The first-order valence-corrected chi connectivity index (χ1v) is 6.88. The van der Waals surface area contributed by atoms with Gasteiger partial charge in [0.05, 0.1) is 0 Å². The van der Waals surface area contributed by atoms with E-state index in [1.165, 1.54) is 0 Å². The normalized spacial score (nSPS) is 16.0. The molecule has 0 radical (unpaired) electrons. The van der Waals surface area contributed by atoms with Crippen molar-refractivity contribution in [1.82, 2.24) is 4.90 Å². The zero-order valence-corrected chi connectivity index (χ0v) is 11.6. The monoisotopic (exact) mass is 276 g/mol. The van der Waals surface area contributed by atoms with Gasteiger partial charge in [0.2, 0.25) is 0 Å². The lowest BCUT2D eigenvalue weighted by molar-refractivity contribution is -0.144. The van der Waals surface area contributed by atoms with Crippen molar-refractivity contribution in [1.29, 1.82) is 0 Å². The van der Waals surface area contributed by atoms with Crippen molar-refractivity contribution in [3.63, 3.8) is 0 Å². The number of hydrogen-bond acceptors (Lipinski definition) is 3. The van der Waals surface area contributed by atoms with Crippen LogP contribution in [0, 0.1) is 12.8 Å². The van der Waals surface area contributed by atoms with Gasteiger partial charge in [0.1, 0.15) is 0 Å². The number of amides is 2. The number of carbonyl (C=O) groups excluding carboxylic acids is 2. The zero-order chi connectivity index (χ0) is 14.5. The maximum atomic E-state index is 12.0. The number of hydrogen-bond donors (Lipinski definition) is 2. The van der Waals surface area contributed by atoms with Gasteiger partial charge >= 0.3 is 11.8 Å². The third kappa shape index (κ3) is 3.57. The molecule has 1 aromatic rings. The molecule has 0 spiro atoms. The summed E-state index contributed by atoms with van der Waals surface area (Å²) in [5.74, 6) is -0.850. The quantitative estimate of drug-likeness (QED) is 0.797.